The fourth-order valence-electron chi connectivity index (χ4n) is 3.61. The van der Waals surface area contributed by atoms with Gasteiger partial charge in [0.15, 0.2) is 0 Å². The normalized spacial score (nSPS) is 14.3. The number of allylic oxidation sites excluding steroid dienone is 1. The lowest BCUT2D eigenvalue weighted by Gasteiger charge is -2.15. The molecule has 0 saturated heterocycles. The van der Waals surface area contributed by atoms with Gasteiger partial charge in [0, 0.05) is 6.42 Å². The fraction of sp³-hybridized carbons (Fsp3) is 0.348. The largest absolute Gasteiger partial charge is 0.489 e. The summed E-state index contributed by atoms with van der Waals surface area (Å²) in [7, 11) is 0. The minimum atomic E-state index is -4.56. The molecule has 3 rings (SSSR count). The lowest BCUT2D eigenvalue weighted by atomic mass is 10.0. The van der Waals surface area contributed by atoms with E-state index in [9.17, 15) is 18.0 Å². The third-order valence-corrected chi connectivity index (χ3v) is 5.14. The average Bonchev–Trinajstić information content (AvgIpc) is 3.13. The lowest BCUT2D eigenvalue weighted by Crippen LogP contribution is -2.11. The van der Waals surface area contributed by atoms with Crippen LogP contribution < -0.4 is 4.74 Å². The van der Waals surface area contributed by atoms with Crippen LogP contribution in [0.2, 0.25) is 0 Å². The van der Waals surface area contributed by atoms with Gasteiger partial charge in [0.2, 0.25) is 0 Å². The minimum absolute atomic E-state index is 0.0346. The van der Waals surface area contributed by atoms with Gasteiger partial charge in [-0.3, -0.25) is 4.79 Å². The molecule has 0 unspecified atom stereocenters. The zero-order valence-corrected chi connectivity index (χ0v) is 16.2. The first-order valence-electron chi connectivity index (χ1n) is 9.56. The van der Waals surface area contributed by atoms with Gasteiger partial charge in [-0.25, -0.2) is 0 Å². The Kier molecular flexibility index (Phi) is 6.30. The zero-order chi connectivity index (χ0) is 21.0. The van der Waals surface area contributed by atoms with E-state index in [-0.39, 0.29) is 30.8 Å². The van der Waals surface area contributed by atoms with E-state index in [1.165, 1.54) is 23.3 Å². The molecule has 3 nitrogen and oxygen atoms in total. The van der Waals surface area contributed by atoms with Crippen molar-refractivity contribution in [2.45, 2.75) is 45.2 Å². The van der Waals surface area contributed by atoms with Crippen LogP contribution in [-0.4, -0.2) is 17.7 Å². The number of aryl methyl sites for hydroxylation is 2. The summed E-state index contributed by atoms with van der Waals surface area (Å²) in [5, 5.41) is 8.75. The molecule has 0 fully saturated rings. The molecule has 29 heavy (non-hydrogen) atoms. The molecule has 0 radical (unpaired) electrons. The Bertz CT molecular complexity index is 912. The summed E-state index contributed by atoms with van der Waals surface area (Å²) in [6.07, 6.45) is -2.28. The van der Waals surface area contributed by atoms with Crippen molar-refractivity contribution in [1.29, 1.82) is 0 Å². The van der Waals surface area contributed by atoms with E-state index in [0.717, 1.165) is 36.5 Å². The predicted octanol–water partition coefficient (Wildman–Crippen LogP) is 6.05. The summed E-state index contributed by atoms with van der Waals surface area (Å²) in [5.41, 5.74) is 3.75. The monoisotopic (exact) mass is 404 g/mol. The summed E-state index contributed by atoms with van der Waals surface area (Å²) < 4.78 is 45.9. The summed E-state index contributed by atoms with van der Waals surface area (Å²) in [5.74, 6) is -0.991. The highest BCUT2D eigenvalue weighted by molar-refractivity contribution is 5.71. The third kappa shape index (κ3) is 5.40. The molecule has 0 amide bonds. The molecule has 1 N–H and O–H groups in total. The highest BCUT2D eigenvalue weighted by Gasteiger charge is 2.33. The van der Waals surface area contributed by atoms with Crippen molar-refractivity contribution < 1.29 is 27.8 Å². The van der Waals surface area contributed by atoms with Gasteiger partial charge in [-0.05, 0) is 67.0 Å². The first-order valence-corrected chi connectivity index (χ1v) is 9.56. The van der Waals surface area contributed by atoms with Gasteiger partial charge in [0.25, 0.3) is 0 Å². The number of hydrogen-bond donors (Lipinski definition) is 1. The number of hydrogen-bond acceptors (Lipinski definition) is 2. The van der Waals surface area contributed by atoms with Crippen LogP contribution in [0, 0.1) is 6.92 Å². The summed E-state index contributed by atoms with van der Waals surface area (Å²) >= 11 is 0. The molecule has 1 aliphatic rings. The number of carboxylic acid groups (broad SMARTS) is 1. The molecule has 6 heteroatoms. The van der Waals surface area contributed by atoms with Gasteiger partial charge in [-0.2, -0.15) is 13.2 Å². The Morgan fingerprint density at radius 3 is 2.48 bits per heavy atom. The van der Waals surface area contributed by atoms with Crippen LogP contribution in [0.25, 0.3) is 5.57 Å². The maximum atomic E-state index is 13.4. The standard InChI is InChI=1S/C23H23F3O3/c1-15-5-7-16(8-6-15)20-4-2-3-18(20)14-29-19-11-9-17(10-12-22(27)28)21(13-19)23(24,25)26/h5-9,11,13H,2-4,10,12,14H2,1H3,(H,27,28). The number of carbonyl (C=O) groups is 1. The maximum absolute atomic E-state index is 13.4. The zero-order valence-electron chi connectivity index (χ0n) is 16.2. The van der Waals surface area contributed by atoms with Gasteiger partial charge < -0.3 is 9.84 Å². The lowest BCUT2D eigenvalue weighted by molar-refractivity contribution is -0.140. The number of ether oxygens (including phenoxy) is 1. The van der Waals surface area contributed by atoms with Crippen LogP contribution in [0.4, 0.5) is 13.2 Å². The van der Waals surface area contributed by atoms with Gasteiger partial charge in [0.1, 0.15) is 12.4 Å². The first-order chi connectivity index (χ1) is 13.7. The second-order valence-corrected chi connectivity index (χ2v) is 7.30. The Labute approximate surface area is 167 Å². The molecular formula is C23H23F3O3. The number of halogens is 3. The van der Waals surface area contributed by atoms with Crippen LogP contribution in [0.15, 0.2) is 48.0 Å². The van der Waals surface area contributed by atoms with E-state index in [0.29, 0.717) is 0 Å². The highest BCUT2D eigenvalue weighted by Crippen LogP contribution is 2.37. The van der Waals surface area contributed by atoms with E-state index in [2.05, 4.69) is 12.1 Å². The Morgan fingerprint density at radius 1 is 1.10 bits per heavy atom. The van der Waals surface area contributed by atoms with Crippen molar-refractivity contribution in [3.05, 3.63) is 70.3 Å². The van der Waals surface area contributed by atoms with E-state index in [1.54, 1.807) is 0 Å². The van der Waals surface area contributed by atoms with E-state index >= 15 is 0 Å². The van der Waals surface area contributed by atoms with E-state index in [1.807, 2.05) is 19.1 Å². The van der Waals surface area contributed by atoms with Crippen LogP contribution in [-0.2, 0) is 17.4 Å². The molecule has 0 aliphatic heterocycles. The van der Waals surface area contributed by atoms with Crippen molar-refractivity contribution in [2.75, 3.05) is 6.61 Å². The molecule has 2 aromatic rings. The molecular weight excluding hydrogens is 381 g/mol. The molecule has 0 heterocycles. The summed E-state index contributed by atoms with van der Waals surface area (Å²) in [6.45, 7) is 2.27. The van der Waals surface area contributed by atoms with E-state index < -0.39 is 17.7 Å². The minimum Gasteiger partial charge on any atom is -0.489 e. The highest BCUT2D eigenvalue weighted by atomic mass is 19.4. The third-order valence-electron chi connectivity index (χ3n) is 5.14. The second-order valence-electron chi connectivity index (χ2n) is 7.30. The number of rotatable bonds is 7. The van der Waals surface area contributed by atoms with Crippen LogP contribution in [0.3, 0.4) is 0 Å². The fourth-order valence-corrected chi connectivity index (χ4v) is 3.61. The van der Waals surface area contributed by atoms with Gasteiger partial charge in [-0.15, -0.1) is 0 Å². The van der Waals surface area contributed by atoms with Crippen LogP contribution >= 0.6 is 0 Å². The second kappa shape index (κ2) is 8.72. The van der Waals surface area contributed by atoms with Gasteiger partial charge in [0.05, 0.1) is 5.56 Å². The van der Waals surface area contributed by atoms with Gasteiger partial charge in [-0.1, -0.05) is 35.9 Å². The molecule has 0 bridgehead atoms. The van der Waals surface area contributed by atoms with Crippen molar-refractivity contribution in [2.24, 2.45) is 0 Å². The number of benzene rings is 2. The van der Waals surface area contributed by atoms with Crippen molar-refractivity contribution >= 4 is 11.5 Å². The van der Waals surface area contributed by atoms with Crippen LogP contribution in [0.5, 0.6) is 5.75 Å². The Hall–Kier alpha value is -2.76. The van der Waals surface area contributed by atoms with Crippen molar-refractivity contribution in [1.82, 2.24) is 0 Å². The topological polar surface area (TPSA) is 46.5 Å². The predicted molar refractivity (Wildman–Crippen MR) is 105 cm³/mol. The van der Waals surface area contributed by atoms with Gasteiger partial charge >= 0.3 is 12.1 Å². The SMILES string of the molecule is Cc1ccc(C2=C(COc3ccc(CCC(=O)O)c(C(F)(F)F)c3)CCC2)cc1. The van der Waals surface area contributed by atoms with Crippen LogP contribution in [0.1, 0.15) is 47.9 Å². The molecule has 0 aromatic heterocycles. The van der Waals surface area contributed by atoms with Crippen molar-refractivity contribution in [3.63, 3.8) is 0 Å². The Morgan fingerprint density at radius 2 is 1.83 bits per heavy atom. The molecule has 154 valence electrons. The maximum Gasteiger partial charge on any atom is 0.416 e. The molecule has 2 aromatic carbocycles. The number of carboxylic acids is 1. The summed E-state index contributed by atoms with van der Waals surface area (Å²) in [4.78, 5) is 10.7. The molecule has 0 saturated carbocycles. The average molecular weight is 404 g/mol. The number of alkyl halides is 3. The van der Waals surface area contributed by atoms with E-state index in [4.69, 9.17) is 9.84 Å². The number of aliphatic carboxylic acids is 1. The molecule has 1 aliphatic carbocycles. The first kappa shape index (κ1) is 21.0. The smallest absolute Gasteiger partial charge is 0.416 e. The van der Waals surface area contributed by atoms with Crippen molar-refractivity contribution in [3.8, 4) is 5.75 Å². The molecule has 0 atom stereocenters. The molecule has 0 spiro atoms. The Balaban J connectivity index is 1.78. The quantitative estimate of drug-likeness (QED) is 0.611. The summed E-state index contributed by atoms with van der Waals surface area (Å²) in [6, 6.07) is 12.0.